The number of rotatable bonds is 6. The van der Waals surface area contributed by atoms with Crippen LogP contribution < -0.4 is 0 Å². The molecule has 1 aromatic heterocycles. The number of aromatic nitrogens is 1. The third kappa shape index (κ3) is 4.41. The molecule has 136 valence electrons. The molecule has 3 nitrogen and oxygen atoms in total. The van der Waals surface area contributed by atoms with E-state index in [2.05, 4.69) is 24.3 Å². The van der Waals surface area contributed by atoms with Crippen molar-refractivity contribution in [3.05, 3.63) is 66.2 Å². The monoisotopic (exact) mass is 368 g/mol. The Morgan fingerprint density at radius 3 is 2.31 bits per heavy atom. The molecular formula is C22H25ClN2O. The van der Waals surface area contributed by atoms with Crippen molar-refractivity contribution in [2.24, 2.45) is 0 Å². The van der Waals surface area contributed by atoms with Crippen molar-refractivity contribution in [3.8, 4) is 11.3 Å². The molecule has 0 fully saturated rings. The number of hydrogen-bond donors (Lipinski definition) is 0. The molecule has 1 heterocycles. The molecule has 3 rings (SSSR count). The van der Waals surface area contributed by atoms with E-state index >= 15 is 0 Å². The van der Waals surface area contributed by atoms with Crippen LogP contribution in [-0.2, 0) is 11.2 Å². The lowest BCUT2D eigenvalue weighted by Gasteiger charge is -2.18. The number of para-hydroxylation sites is 1. The van der Waals surface area contributed by atoms with Crippen molar-refractivity contribution in [1.29, 1.82) is 0 Å². The van der Waals surface area contributed by atoms with Crippen LogP contribution in [0.25, 0.3) is 22.2 Å². The summed E-state index contributed by atoms with van der Waals surface area (Å²) in [6.07, 6.45) is 1.27. The van der Waals surface area contributed by atoms with Crippen molar-refractivity contribution >= 4 is 29.2 Å². The maximum atomic E-state index is 12.4. The normalized spacial score (nSPS) is 10.4. The van der Waals surface area contributed by atoms with Gasteiger partial charge >= 0.3 is 0 Å². The van der Waals surface area contributed by atoms with Gasteiger partial charge in [-0.15, -0.1) is 12.4 Å². The Bertz CT molecular complexity index is 860. The van der Waals surface area contributed by atoms with Gasteiger partial charge in [-0.1, -0.05) is 48.5 Å². The van der Waals surface area contributed by atoms with Crippen LogP contribution in [0.15, 0.2) is 60.7 Å². The van der Waals surface area contributed by atoms with Gasteiger partial charge in [0.15, 0.2) is 0 Å². The number of amides is 1. The first-order chi connectivity index (χ1) is 12.2. The molecular weight excluding hydrogens is 344 g/mol. The minimum absolute atomic E-state index is 0. The van der Waals surface area contributed by atoms with Gasteiger partial charge in [-0.2, -0.15) is 0 Å². The number of halogens is 1. The Balaban J connectivity index is 0.00000243. The van der Waals surface area contributed by atoms with Crippen LogP contribution in [0.2, 0.25) is 0 Å². The summed E-state index contributed by atoms with van der Waals surface area (Å²) in [5, 5.41) is 1.13. The molecule has 0 atom stereocenters. The van der Waals surface area contributed by atoms with Crippen LogP contribution in [-0.4, -0.2) is 28.9 Å². The van der Waals surface area contributed by atoms with Crippen LogP contribution in [0.4, 0.5) is 0 Å². The molecule has 0 unspecified atom stereocenters. The molecule has 0 saturated carbocycles. The van der Waals surface area contributed by atoms with E-state index in [0.29, 0.717) is 6.42 Å². The zero-order valence-corrected chi connectivity index (χ0v) is 16.1. The highest BCUT2D eigenvalue weighted by Gasteiger charge is 2.12. The summed E-state index contributed by atoms with van der Waals surface area (Å²) in [7, 11) is 0. The molecule has 0 radical (unpaired) electrons. The standard InChI is InChI=1S/C22H24N2O.ClH/c1-3-24(4-2)22(25)15-14-18-16-21(17-10-6-5-7-11-17)23-20-13-9-8-12-19(18)20;/h5-13,16H,3-4,14-15H2,1-2H3;1H. The Hall–Kier alpha value is -2.39. The minimum Gasteiger partial charge on any atom is -0.343 e. The number of carbonyl (C=O) groups excluding carboxylic acids is 1. The summed E-state index contributed by atoms with van der Waals surface area (Å²) in [6.45, 7) is 5.58. The number of pyridine rings is 1. The highest BCUT2D eigenvalue weighted by atomic mass is 35.5. The molecule has 4 heteroatoms. The van der Waals surface area contributed by atoms with Gasteiger partial charge in [0, 0.05) is 30.5 Å². The van der Waals surface area contributed by atoms with Crippen LogP contribution >= 0.6 is 12.4 Å². The smallest absolute Gasteiger partial charge is 0.222 e. The quantitative estimate of drug-likeness (QED) is 0.604. The van der Waals surface area contributed by atoms with Crippen molar-refractivity contribution in [3.63, 3.8) is 0 Å². The molecule has 0 bridgehead atoms. The summed E-state index contributed by atoms with van der Waals surface area (Å²) >= 11 is 0. The van der Waals surface area contributed by atoms with Gasteiger partial charge < -0.3 is 4.90 Å². The number of hydrogen-bond acceptors (Lipinski definition) is 2. The number of aryl methyl sites for hydroxylation is 1. The molecule has 2 aromatic carbocycles. The predicted molar refractivity (Wildman–Crippen MR) is 111 cm³/mol. The molecule has 0 spiro atoms. The summed E-state index contributed by atoms with van der Waals surface area (Å²) in [5.74, 6) is 0.215. The maximum absolute atomic E-state index is 12.4. The Morgan fingerprint density at radius 1 is 0.962 bits per heavy atom. The van der Waals surface area contributed by atoms with Crippen molar-refractivity contribution in [2.45, 2.75) is 26.7 Å². The molecule has 26 heavy (non-hydrogen) atoms. The van der Waals surface area contributed by atoms with Gasteiger partial charge in [0.25, 0.3) is 0 Å². The van der Waals surface area contributed by atoms with Crippen molar-refractivity contribution in [2.75, 3.05) is 13.1 Å². The third-order valence-corrected chi connectivity index (χ3v) is 4.60. The van der Waals surface area contributed by atoms with Gasteiger partial charge in [-0.3, -0.25) is 4.79 Å². The summed E-state index contributed by atoms with van der Waals surface area (Å²) in [4.78, 5) is 19.1. The van der Waals surface area contributed by atoms with E-state index in [0.717, 1.165) is 41.7 Å². The van der Waals surface area contributed by atoms with E-state index in [1.165, 1.54) is 5.56 Å². The zero-order valence-electron chi connectivity index (χ0n) is 15.3. The maximum Gasteiger partial charge on any atom is 0.222 e. The lowest BCUT2D eigenvalue weighted by Crippen LogP contribution is -2.30. The molecule has 0 saturated heterocycles. The Morgan fingerprint density at radius 2 is 1.62 bits per heavy atom. The van der Waals surface area contributed by atoms with Gasteiger partial charge in [0.1, 0.15) is 0 Å². The highest BCUT2D eigenvalue weighted by Crippen LogP contribution is 2.25. The van der Waals surface area contributed by atoms with E-state index in [4.69, 9.17) is 4.98 Å². The summed E-state index contributed by atoms with van der Waals surface area (Å²) in [6, 6.07) is 20.5. The highest BCUT2D eigenvalue weighted by molar-refractivity contribution is 5.86. The fraction of sp³-hybridized carbons (Fsp3) is 0.273. The van der Waals surface area contributed by atoms with E-state index in [-0.39, 0.29) is 18.3 Å². The average molecular weight is 369 g/mol. The molecule has 0 aliphatic heterocycles. The van der Waals surface area contributed by atoms with Crippen LogP contribution in [0.5, 0.6) is 0 Å². The molecule has 1 amide bonds. The first-order valence-corrected chi connectivity index (χ1v) is 8.94. The molecule has 0 N–H and O–H groups in total. The first kappa shape index (κ1) is 19.9. The van der Waals surface area contributed by atoms with Gasteiger partial charge in [0.05, 0.1) is 11.2 Å². The fourth-order valence-corrected chi connectivity index (χ4v) is 3.19. The second-order valence-electron chi connectivity index (χ2n) is 6.12. The number of nitrogens with zero attached hydrogens (tertiary/aromatic N) is 2. The molecule has 3 aromatic rings. The largest absolute Gasteiger partial charge is 0.343 e. The van der Waals surface area contributed by atoms with Crippen molar-refractivity contribution < 1.29 is 4.79 Å². The topological polar surface area (TPSA) is 33.2 Å². The van der Waals surface area contributed by atoms with Crippen molar-refractivity contribution in [1.82, 2.24) is 9.88 Å². The number of carbonyl (C=O) groups is 1. The van der Waals surface area contributed by atoms with E-state index in [9.17, 15) is 4.79 Å². The van der Waals surface area contributed by atoms with Gasteiger partial charge in [-0.25, -0.2) is 4.98 Å². The average Bonchev–Trinajstić information content (AvgIpc) is 2.67. The second kappa shape index (κ2) is 9.35. The van der Waals surface area contributed by atoms with Gasteiger partial charge in [-0.05, 0) is 38.0 Å². The third-order valence-electron chi connectivity index (χ3n) is 4.60. The summed E-state index contributed by atoms with van der Waals surface area (Å²) in [5.41, 5.74) is 4.23. The van der Waals surface area contributed by atoms with Crippen LogP contribution in [0.3, 0.4) is 0 Å². The van der Waals surface area contributed by atoms with E-state index < -0.39 is 0 Å². The second-order valence-corrected chi connectivity index (χ2v) is 6.12. The van der Waals surface area contributed by atoms with E-state index in [1.54, 1.807) is 0 Å². The lowest BCUT2D eigenvalue weighted by molar-refractivity contribution is -0.130. The minimum atomic E-state index is 0. The zero-order chi connectivity index (χ0) is 17.6. The Kier molecular flexibility index (Phi) is 7.16. The number of fused-ring (bicyclic) bond motifs is 1. The summed E-state index contributed by atoms with van der Waals surface area (Å²) < 4.78 is 0. The van der Waals surface area contributed by atoms with Crippen LogP contribution in [0.1, 0.15) is 25.8 Å². The predicted octanol–water partition coefficient (Wildman–Crippen LogP) is 5.12. The van der Waals surface area contributed by atoms with Gasteiger partial charge in [0.2, 0.25) is 5.91 Å². The first-order valence-electron chi connectivity index (χ1n) is 8.94. The fourth-order valence-electron chi connectivity index (χ4n) is 3.19. The SMILES string of the molecule is CCN(CC)C(=O)CCc1cc(-c2ccccc2)nc2ccccc12.Cl. The number of benzene rings is 2. The van der Waals surface area contributed by atoms with Crippen LogP contribution in [0, 0.1) is 0 Å². The Labute approximate surface area is 161 Å². The molecule has 0 aliphatic carbocycles. The van der Waals surface area contributed by atoms with E-state index in [1.807, 2.05) is 55.1 Å². The lowest BCUT2D eigenvalue weighted by atomic mass is 10.0. The molecule has 0 aliphatic rings.